The fraction of sp³-hybridized carbons (Fsp3) is 0.625. The maximum atomic E-state index is 12.2. The summed E-state index contributed by atoms with van der Waals surface area (Å²) in [4.78, 5) is 26.2. The molecule has 1 saturated carbocycles. The third-order valence-corrected chi connectivity index (χ3v) is 5.15. The van der Waals surface area contributed by atoms with E-state index in [9.17, 15) is 9.59 Å². The van der Waals surface area contributed by atoms with E-state index >= 15 is 0 Å². The normalized spacial score (nSPS) is 22.1. The van der Waals surface area contributed by atoms with Crippen molar-refractivity contribution in [2.75, 3.05) is 13.1 Å². The molecule has 1 heterocycles. The molecular weight excluding hydrogens is 300 g/mol. The molecule has 1 aromatic heterocycles. The van der Waals surface area contributed by atoms with Gasteiger partial charge in [-0.1, -0.05) is 19.9 Å². The Kier molecular flexibility index (Phi) is 5.97. The number of carbonyl (C=O) groups excluding carboxylic acids is 1. The van der Waals surface area contributed by atoms with Gasteiger partial charge in [-0.3, -0.25) is 14.5 Å². The van der Waals surface area contributed by atoms with Crippen LogP contribution in [0.25, 0.3) is 0 Å². The molecule has 1 amide bonds. The molecule has 0 radical (unpaired) electrons. The van der Waals surface area contributed by atoms with E-state index in [2.05, 4.69) is 11.4 Å². The average Bonchev–Trinajstić information content (AvgIpc) is 2.92. The Labute approximate surface area is 135 Å². The standard InChI is InChI=1S/C16H24N2O3S/c1-3-18(10-15(19)20)13-8-12(9-13)17-16(21)11(2)7-14-5-4-6-22-14/h4-6,11-13H,3,7-10H2,1-2H3,(H,17,21)(H,19,20)/t11-,12?,13?/m0/s1. The summed E-state index contributed by atoms with van der Waals surface area (Å²) in [6.07, 6.45) is 2.47. The summed E-state index contributed by atoms with van der Waals surface area (Å²) in [7, 11) is 0. The maximum Gasteiger partial charge on any atom is 0.317 e. The van der Waals surface area contributed by atoms with Crippen LogP contribution in [-0.2, 0) is 16.0 Å². The number of carboxylic acid groups (broad SMARTS) is 1. The van der Waals surface area contributed by atoms with Gasteiger partial charge in [0, 0.05) is 22.9 Å². The average molecular weight is 324 g/mol. The minimum atomic E-state index is -0.793. The number of likely N-dealkylation sites (N-methyl/N-ethyl adjacent to an activating group) is 1. The lowest BCUT2D eigenvalue weighted by atomic mass is 9.85. The molecule has 1 aliphatic rings. The first-order valence-corrected chi connectivity index (χ1v) is 8.66. The second kappa shape index (κ2) is 7.74. The van der Waals surface area contributed by atoms with Gasteiger partial charge in [-0.2, -0.15) is 0 Å². The van der Waals surface area contributed by atoms with Gasteiger partial charge in [0.25, 0.3) is 0 Å². The van der Waals surface area contributed by atoms with Crippen molar-refractivity contribution in [3.63, 3.8) is 0 Å². The summed E-state index contributed by atoms with van der Waals surface area (Å²) in [5, 5.41) is 14.0. The van der Waals surface area contributed by atoms with Crippen molar-refractivity contribution in [3.8, 4) is 0 Å². The molecule has 1 aliphatic carbocycles. The van der Waals surface area contributed by atoms with Gasteiger partial charge in [0.2, 0.25) is 5.91 Å². The van der Waals surface area contributed by atoms with Crippen molar-refractivity contribution in [2.24, 2.45) is 5.92 Å². The van der Waals surface area contributed by atoms with E-state index in [1.54, 1.807) is 11.3 Å². The van der Waals surface area contributed by atoms with Gasteiger partial charge in [-0.25, -0.2) is 0 Å². The molecule has 122 valence electrons. The number of nitrogens with zero attached hydrogens (tertiary/aromatic N) is 1. The topological polar surface area (TPSA) is 69.6 Å². The summed E-state index contributed by atoms with van der Waals surface area (Å²) in [5.74, 6) is -0.726. The van der Waals surface area contributed by atoms with Gasteiger partial charge >= 0.3 is 5.97 Å². The van der Waals surface area contributed by atoms with Gasteiger partial charge in [0.1, 0.15) is 0 Å². The molecule has 0 bridgehead atoms. The lowest BCUT2D eigenvalue weighted by molar-refractivity contribution is -0.140. The SMILES string of the molecule is CCN(CC(=O)O)C1CC(NC(=O)[C@@H](C)Cc2cccs2)C1. The summed E-state index contributed by atoms with van der Waals surface area (Å²) < 4.78 is 0. The van der Waals surface area contributed by atoms with Crippen LogP contribution in [0, 0.1) is 5.92 Å². The zero-order valence-electron chi connectivity index (χ0n) is 13.1. The summed E-state index contributed by atoms with van der Waals surface area (Å²) >= 11 is 1.68. The third-order valence-electron chi connectivity index (χ3n) is 4.26. The number of carboxylic acids is 1. The van der Waals surface area contributed by atoms with Gasteiger partial charge in [0.05, 0.1) is 6.54 Å². The van der Waals surface area contributed by atoms with E-state index < -0.39 is 5.97 Å². The molecule has 0 spiro atoms. The lowest BCUT2D eigenvalue weighted by Gasteiger charge is -2.42. The van der Waals surface area contributed by atoms with Crippen molar-refractivity contribution in [1.82, 2.24) is 10.2 Å². The van der Waals surface area contributed by atoms with Crippen LogP contribution in [0.3, 0.4) is 0 Å². The second-order valence-electron chi connectivity index (χ2n) is 5.97. The lowest BCUT2D eigenvalue weighted by Crippen LogP contribution is -2.55. The Hall–Kier alpha value is -1.40. The third kappa shape index (κ3) is 4.55. The zero-order chi connectivity index (χ0) is 16.1. The van der Waals surface area contributed by atoms with Crippen LogP contribution in [-0.4, -0.2) is 47.1 Å². The number of thiophene rings is 1. The summed E-state index contributed by atoms with van der Waals surface area (Å²) in [6.45, 7) is 4.73. The summed E-state index contributed by atoms with van der Waals surface area (Å²) in [5.41, 5.74) is 0. The first kappa shape index (κ1) is 17.0. The smallest absolute Gasteiger partial charge is 0.317 e. The molecule has 0 unspecified atom stereocenters. The van der Waals surface area contributed by atoms with Crippen LogP contribution < -0.4 is 5.32 Å². The molecule has 22 heavy (non-hydrogen) atoms. The second-order valence-corrected chi connectivity index (χ2v) is 7.00. The van der Waals surface area contributed by atoms with Gasteiger partial charge < -0.3 is 10.4 Å². The van der Waals surface area contributed by atoms with Crippen LogP contribution in [0.4, 0.5) is 0 Å². The number of nitrogens with one attached hydrogen (secondary N) is 1. The molecule has 1 aromatic rings. The molecule has 1 fully saturated rings. The van der Waals surface area contributed by atoms with Gasteiger partial charge in [-0.15, -0.1) is 11.3 Å². The molecule has 0 aliphatic heterocycles. The predicted octanol–water partition coefficient (Wildman–Crippen LogP) is 1.98. The minimum Gasteiger partial charge on any atom is -0.480 e. The monoisotopic (exact) mass is 324 g/mol. The van der Waals surface area contributed by atoms with Crippen LogP contribution in [0.15, 0.2) is 17.5 Å². The molecule has 2 N–H and O–H groups in total. The molecular formula is C16H24N2O3S. The van der Waals surface area contributed by atoms with E-state index in [0.717, 1.165) is 25.8 Å². The quantitative estimate of drug-likeness (QED) is 0.767. The summed E-state index contributed by atoms with van der Waals surface area (Å²) in [6, 6.07) is 4.52. The molecule has 0 saturated heterocycles. The highest BCUT2D eigenvalue weighted by Crippen LogP contribution is 2.26. The van der Waals surface area contributed by atoms with Crippen molar-refractivity contribution in [1.29, 1.82) is 0 Å². The van der Waals surface area contributed by atoms with Crippen molar-refractivity contribution >= 4 is 23.2 Å². The highest BCUT2D eigenvalue weighted by Gasteiger charge is 2.35. The predicted molar refractivity (Wildman–Crippen MR) is 87.0 cm³/mol. The minimum absolute atomic E-state index is 0.0287. The van der Waals surface area contributed by atoms with Crippen LogP contribution in [0.2, 0.25) is 0 Å². The molecule has 5 nitrogen and oxygen atoms in total. The molecule has 6 heteroatoms. The Morgan fingerprint density at radius 2 is 2.23 bits per heavy atom. The van der Waals surface area contributed by atoms with Crippen molar-refractivity contribution < 1.29 is 14.7 Å². The number of carbonyl (C=O) groups is 2. The highest BCUT2D eigenvalue weighted by molar-refractivity contribution is 7.09. The van der Waals surface area contributed by atoms with Gasteiger partial charge in [0.15, 0.2) is 0 Å². The highest BCUT2D eigenvalue weighted by atomic mass is 32.1. The Morgan fingerprint density at radius 1 is 1.50 bits per heavy atom. The largest absolute Gasteiger partial charge is 0.480 e. The van der Waals surface area contributed by atoms with Crippen LogP contribution >= 0.6 is 11.3 Å². The number of hydrogen-bond donors (Lipinski definition) is 2. The first-order chi connectivity index (χ1) is 10.5. The van der Waals surface area contributed by atoms with Crippen molar-refractivity contribution in [2.45, 2.75) is 45.2 Å². The fourth-order valence-electron chi connectivity index (χ4n) is 2.84. The van der Waals surface area contributed by atoms with Crippen LogP contribution in [0.5, 0.6) is 0 Å². The van der Waals surface area contributed by atoms with Crippen LogP contribution in [0.1, 0.15) is 31.6 Å². The van der Waals surface area contributed by atoms with E-state index in [0.29, 0.717) is 0 Å². The van der Waals surface area contributed by atoms with E-state index in [1.165, 1.54) is 4.88 Å². The van der Waals surface area contributed by atoms with E-state index in [4.69, 9.17) is 5.11 Å². The number of hydrogen-bond acceptors (Lipinski definition) is 4. The van der Waals surface area contributed by atoms with Gasteiger partial charge in [-0.05, 0) is 37.3 Å². The molecule has 1 atom stereocenters. The maximum absolute atomic E-state index is 12.2. The Morgan fingerprint density at radius 3 is 2.77 bits per heavy atom. The first-order valence-electron chi connectivity index (χ1n) is 7.78. The Bertz CT molecular complexity index is 497. The number of rotatable bonds is 8. The van der Waals surface area contributed by atoms with E-state index in [1.807, 2.05) is 30.2 Å². The fourth-order valence-corrected chi connectivity index (χ4v) is 3.68. The number of aliphatic carboxylic acids is 1. The number of amides is 1. The molecule has 2 rings (SSSR count). The molecule has 0 aromatic carbocycles. The van der Waals surface area contributed by atoms with Crippen molar-refractivity contribution in [3.05, 3.63) is 22.4 Å². The van der Waals surface area contributed by atoms with E-state index in [-0.39, 0.29) is 30.5 Å². The zero-order valence-corrected chi connectivity index (χ0v) is 13.9. The Balaban J connectivity index is 1.72.